The Morgan fingerprint density at radius 3 is 2.56 bits per heavy atom. The lowest BCUT2D eigenvalue weighted by molar-refractivity contribution is 0.0932. The predicted molar refractivity (Wildman–Crippen MR) is 155 cm³/mol. The third kappa shape index (κ3) is 5.24. The quantitative estimate of drug-likeness (QED) is 0.348. The van der Waals surface area contributed by atoms with Crippen molar-refractivity contribution >= 4 is 11.8 Å². The van der Waals surface area contributed by atoms with Gasteiger partial charge in [0.05, 0.1) is 23.3 Å². The van der Waals surface area contributed by atoms with Crippen molar-refractivity contribution in [1.29, 1.82) is 0 Å². The van der Waals surface area contributed by atoms with Crippen LogP contribution in [0.4, 0.5) is 0 Å². The Balaban J connectivity index is 1.26. The van der Waals surface area contributed by atoms with Crippen molar-refractivity contribution in [2.75, 3.05) is 0 Å². The highest BCUT2D eigenvalue weighted by atomic mass is 16.2. The summed E-state index contributed by atoms with van der Waals surface area (Å²) in [4.78, 5) is 31.3. The fraction of sp³-hybridized carbons (Fsp3) is 0.441. The van der Waals surface area contributed by atoms with Gasteiger partial charge in [0.1, 0.15) is 0 Å². The van der Waals surface area contributed by atoms with Gasteiger partial charge in [0.25, 0.3) is 11.8 Å². The van der Waals surface area contributed by atoms with Gasteiger partial charge < -0.3 is 10.6 Å². The number of pyridine rings is 1. The Morgan fingerprint density at radius 1 is 1.03 bits per heavy atom. The van der Waals surface area contributed by atoms with Crippen LogP contribution >= 0.6 is 0 Å². The molecule has 1 aliphatic heterocycles. The molecule has 39 heavy (non-hydrogen) atoms. The summed E-state index contributed by atoms with van der Waals surface area (Å²) in [5.41, 5.74) is 7.70. The van der Waals surface area contributed by atoms with Crippen LogP contribution in [0.25, 0.3) is 11.1 Å². The Hall–Kier alpha value is -3.47. The standard InChI is InChI=1S/C34H39N3O2/c1-21(2)31-32-30(34(39)37-31)28(20-26(35-32)18-12-22-8-4-3-5-9-22)24-13-15-25(16-14-24)33(38)36-29-19-17-23-10-6-7-11-27(23)29/h6-7,10-11,13-16,20-22,29,31H,3-5,8-9,12,17-19H2,1-2H3,(H,36,38)(H,37,39)/t29?,31-/m0/s1. The van der Waals surface area contributed by atoms with Gasteiger partial charge in [0.2, 0.25) is 0 Å². The van der Waals surface area contributed by atoms with Gasteiger partial charge in [-0.25, -0.2) is 0 Å². The second-order valence-electron chi connectivity index (χ2n) is 12.0. The van der Waals surface area contributed by atoms with Gasteiger partial charge in [-0.05, 0) is 78.0 Å². The van der Waals surface area contributed by atoms with Crippen LogP contribution in [0.15, 0.2) is 54.6 Å². The fourth-order valence-electron chi connectivity index (χ4n) is 6.78. The van der Waals surface area contributed by atoms with Crippen LogP contribution in [-0.2, 0) is 12.8 Å². The zero-order chi connectivity index (χ0) is 26.9. The van der Waals surface area contributed by atoms with Crippen LogP contribution in [0.1, 0.15) is 114 Å². The lowest BCUT2D eigenvalue weighted by atomic mass is 9.85. The molecule has 1 aromatic heterocycles. The number of fused-ring (bicyclic) bond motifs is 2. The third-order valence-electron chi connectivity index (χ3n) is 9.01. The lowest BCUT2D eigenvalue weighted by Crippen LogP contribution is -2.27. The van der Waals surface area contributed by atoms with Crippen molar-refractivity contribution in [2.45, 2.75) is 83.7 Å². The predicted octanol–water partition coefficient (Wildman–Crippen LogP) is 7.12. The van der Waals surface area contributed by atoms with Gasteiger partial charge in [-0.3, -0.25) is 14.6 Å². The second-order valence-corrected chi connectivity index (χ2v) is 12.0. The number of aromatic nitrogens is 1. The molecule has 1 unspecified atom stereocenters. The SMILES string of the molecule is CC(C)[C@@H]1NC(=O)c2c(-c3ccc(C(=O)NC4CCc5ccccc54)cc3)cc(CCC3CCCCC3)nc21. The summed E-state index contributed by atoms with van der Waals surface area (Å²) in [6.07, 6.45) is 10.7. The molecule has 2 amide bonds. The van der Waals surface area contributed by atoms with E-state index in [2.05, 4.69) is 48.7 Å². The van der Waals surface area contributed by atoms with Crippen molar-refractivity contribution in [3.8, 4) is 11.1 Å². The molecule has 0 bridgehead atoms. The normalized spacial score (nSPS) is 20.5. The van der Waals surface area contributed by atoms with E-state index >= 15 is 0 Å². The van der Waals surface area contributed by atoms with E-state index in [1.807, 2.05) is 30.3 Å². The number of carbonyl (C=O) groups is 2. The molecular formula is C34H39N3O2. The average molecular weight is 522 g/mol. The van der Waals surface area contributed by atoms with Crippen LogP contribution in [0.3, 0.4) is 0 Å². The summed E-state index contributed by atoms with van der Waals surface area (Å²) >= 11 is 0. The van der Waals surface area contributed by atoms with E-state index in [1.54, 1.807) is 0 Å². The molecule has 1 fully saturated rings. The molecular weight excluding hydrogens is 482 g/mol. The van der Waals surface area contributed by atoms with Crippen molar-refractivity contribution in [1.82, 2.24) is 15.6 Å². The molecule has 5 nitrogen and oxygen atoms in total. The Kier molecular flexibility index (Phi) is 7.24. The molecule has 0 saturated heterocycles. The number of rotatable bonds is 7. The molecule has 3 aliphatic rings. The van der Waals surface area contributed by atoms with Gasteiger partial charge in [0, 0.05) is 11.3 Å². The molecule has 2 aliphatic carbocycles. The summed E-state index contributed by atoms with van der Waals surface area (Å²) in [6.45, 7) is 4.26. The Bertz CT molecular complexity index is 1370. The van der Waals surface area contributed by atoms with E-state index in [0.717, 1.165) is 54.1 Å². The highest BCUT2D eigenvalue weighted by Gasteiger charge is 2.35. The molecule has 5 heteroatoms. The average Bonchev–Trinajstić information content (AvgIpc) is 3.53. The zero-order valence-corrected chi connectivity index (χ0v) is 23.1. The molecule has 2 atom stereocenters. The van der Waals surface area contributed by atoms with Crippen molar-refractivity contribution < 1.29 is 9.59 Å². The zero-order valence-electron chi connectivity index (χ0n) is 23.1. The van der Waals surface area contributed by atoms with E-state index in [9.17, 15) is 9.59 Å². The molecule has 3 aromatic rings. The smallest absolute Gasteiger partial charge is 0.254 e. The topological polar surface area (TPSA) is 71.1 Å². The van der Waals surface area contributed by atoms with E-state index < -0.39 is 0 Å². The largest absolute Gasteiger partial charge is 0.345 e. The van der Waals surface area contributed by atoms with Gasteiger partial charge in [-0.2, -0.15) is 0 Å². The number of benzene rings is 2. The molecule has 202 valence electrons. The number of aryl methyl sites for hydroxylation is 2. The maximum Gasteiger partial charge on any atom is 0.254 e. The van der Waals surface area contributed by atoms with Gasteiger partial charge in [-0.15, -0.1) is 0 Å². The molecule has 2 aromatic carbocycles. The molecule has 1 saturated carbocycles. The monoisotopic (exact) mass is 521 g/mol. The summed E-state index contributed by atoms with van der Waals surface area (Å²) in [7, 11) is 0. The Morgan fingerprint density at radius 2 is 1.79 bits per heavy atom. The van der Waals surface area contributed by atoms with Crippen molar-refractivity contribution in [2.24, 2.45) is 11.8 Å². The Labute approximate surface area is 231 Å². The number of hydrogen-bond acceptors (Lipinski definition) is 3. The lowest BCUT2D eigenvalue weighted by Gasteiger charge is -2.22. The van der Waals surface area contributed by atoms with Crippen molar-refractivity contribution in [3.63, 3.8) is 0 Å². The van der Waals surface area contributed by atoms with Crippen molar-refractivity contribution in [3.05, 3.63) is 88.2 Å². The number of carbonyl (C=O) groups excluding carboxylic acids is 2. The fourth-order valence-corrected chi connectivity index (χ4v) is 6.78. The molecule has 0 radical (unpaired) electrons. The first-order valence-electron chi connectivity index (χ1n) is 14.8. The first-order valence-corrected chi connectivity index (χ1v) is 14.8. The minimum Gasteiger partial charge on any atom is -0.345 e. The van der Waals surface area contributed by atoms with Crippen LogP contribution < -0.4 is 10.6 Å². The minimum absolute atomic E-state index is 0.0493. The van der Waals surface area contributed by atoms with E-state index in [4.69, 9.17) is 4.98 Å². The molecule has 2 N–H and O–H groups in total. The molecule has 0 spiro atoms. The minimum atomic E-state index is -0.0692. The van der Waals surface area contributed by atoms with E-state index in [0.29, 0.717) is 11.1 Å². The van der Waals surface area contributed by atoms with Gasteiger partial charge >= 0.3 is 0 Å². The van der Waals surface area contributed by atoms with Crippen LogP contribution in [-0.4, -0.2) is 16.8 Å². The third-order valence-corrected chi connectivity index (χ3v) is 9.01. The number of nitrogens with one attached hydrogen (secondary N) is 2. The van der Waals surface area contributed by atoms with Gasteiger partial charge in [0.15, 0.2) is 0 Å². The van der Waals surface area contributed by atoms with Crippen LogP contribution in [0.5, 0.6) is 0 Å². The maximum atomic E-state index is 13.1. The first kappa shape index (κ1) is 25.8. The van der Waals surface area contributed by atoms with Crippen LogP contribution in [0, 0.1) is 11.8 Å². The van der Waals surface area contributed by atoms with E-state index in [1.165, 1.54) is 43.2 Å². The molecule has 6 rings (SSSR count). The summed E-state index contributed by atoms with van der Waals surface area (Å²) in [6, 6.07) is 18.2. The summed E-state index contributed by atoms with van der Waals surface area (Å²) < 4.78 is 0. The summed E-state index contributed by atoms with van der Waals surface area (Å²) in [5.74, 6) is 0.930. The maximum absolute atomic E-state index is 13.1. The highest BCUT2D eigenvalue weighted by molar-refractivity contribution is 6.05. The molecule has 2 heterocycles. The highest BCUT2D eigenvalue weighted by Crippen LogP contribution is 2.37. The second kappa shape index (κ2) is 11.0. The summed E-state index contributed by atoms with van der Waals surface area (Å²) in [5, 5.41) is 6.40. The van der Waals surface area contributed by atoms with Crippen LogP contribution in [0.2, 0.25) is 0 Å². The number of amides is 2. The number of hydrogen-bond donors (Lipinski definition) is 2. The first-order chi connectivity index (χ1) is 19.0. The van der Waals surface area contributed by atoms with E-state index in [-0.39, 0.29) is 29.8 Å². The number of nitrogens with zero attached hydrogens (tertiary/aromatic N) is 1. The van der Waals surface area contributed by atoms with Gasteiger partial charge in [-0.1, -0.05) is 82.3 Å².